The summed E-state index contributed by atoms with van der Waals surface area (Å²) in [5.74, 6) is 0.588. The molecule has 0 spiro atoms. The predicted molar refractivity (Wildman–Crippen MR) is 85.5 cm³/mol. The lowest BCUT2D eigenvalue weighted by Gasteiger charge is -2.30. The highest BCUT2D eigenvalue weighted by Crippen LogP contribution is 2.47. The number of thioether (sulfide) groups is 1. The maximum absolute atomic E-state index is 12.5. The minimum atomic E-state index is -0.395. The van der Waals surface area contributed by atoms with Gasteiger partial charge in [-0.25, -0.2) is 0 Å². The summed E-state index contributed by atoms with van der Waals surface area (Å²) in [6, 6.07) is 5.03. The quantitative estimate of drug-likeness (QED) is 0.909. The Morgan fingerprint density at radius 2 is 2.29 bits per heavy atom. The SMILES string of the molecule is Cc1c(Cl)cccc1NC(=O)[C@@H]1CS[C@@]2(C)CCC(=O)N12. The van der Waals surface area contributed by atoms with Crippen molar-refractivity contribution < 1.29 is 9.59 Å². The Kier molecular flexibility index (Phi) is 3.66. The van der Waals surface area contributed by atoms with E-state index in [1.165, 1.54) is 0 Å². The monoisotopic (exact) mass is 324 g/mol. The van der Waals surface area contributed by atoms with Gasteiger partial charge in [0.25, 0.3) is 0 Å². The number of carbonyl (C=O) groups is 2. The molecule has 2 aliphatic rings. The molecule has 0 aliphatic carbocycles. The molecule has 6 heteroatoms. The Morgan fingerprint density at radius 1 is 1.52 bits per heavy atom. The van der Waals surface area contributed by atoms with Gasteiger partial charge in [-0.2, -0.15) is 0 Å². The van der Waals surface area contributed by atoms with Crippen LogP contribution in [0.5, 0.6) is 0 Å². The topological polar surface area (TPSA) is 49.4 Å². The van der Waals surface area contributed by atoms with Crippen molar-refractivity contribution in [1.82, 2.24) is 4.90 Å². The number of nitrogens with zero attached hydrogens (tertiary/aromatic N) is 1. The third kappa shape index (κ3) is 2.42. The minimum Gasteiger partial charge on any atom is -0.324 e. The fourth-order valence-electron chi connectivity index (χ4n) is 2.97. The first-order chi connectivity index (χ1) is 9.92. The average molecular weight is 325 g/mol. The molecule has 2 heterocycles. The highest BCUT2D eigenvalue weighted by Gasteiger charge is 2.52. The van der Waals surface area contributed by atoms with Gasteiger partial charge in [-0.05, 0) is 38.0 Å². The molecule has 1 N–H and O–H groups in total. The van der Waals surface area contributed by atoms with E-state index in [4.69, 9.17) is 11.6 Å². The van der Waals surface area contributed by atoms with Crippen LogP contribution in [0.2, 0.25) is 5.02 Å². The van der Waals surface area contributed by atoms with Crippen LogP contribution in [0.15, 0.2) is 18.2 Å². The molecule has 2 amide bonds. The number of rotatable bonds is 2. The molecule has 1 aromatic carbocycles. The Bertz CT molecular complexity index is 622. The molecule has 4 nitrogen and oxygen atoms in total. The van der Waals surface area contributed by atoms with Crippen molar-refractivity contribution in [1.29, 1.82) is 0 Å². The highest BCUT2D eigenvalue weighted by atomic mass is 35.5. The van der Waals surface area contributed by atoms with Gasteiger partial charge in [0.15, 0.2) is 0 Å². The molecule has 112 valence electrons. The second kappa shape index (κ2) is 5.21. The predicted octanol–water partition coefficient (Wildman–Crippen LogP) is 3.04. The largest absolute Gasteiger partial charge is 0.324 e. The third-order valence-electron chi connectivity index (χ3n) is 4.27. The van der Waals surface area contributed by atoms with Gasteiger partial charge in [0.2, 0.25) is 11.8 Å². The highest BCUT2D eigenvalue weighted by molar-refractivity contribution is 8.01. The lowest BCUT2D eigenvalue weighted by Crippen LogP contribution is -2.48. The van der Waals surface area contributed by atoms with Crippen molar-refractivity contribution >= 4 is 40.9 Å². The van der Waals surface area contributed by atoms with Gasteiger partial charge in [-0.1, -0.05) is 17.7 Å². The summed E-state index contributed by atoms with van der Waals surface area (Å²) in [6.07, 6.45) is 1.35. The number of anilines is 1. The molecule has 0 radical (unpaired) electrons. The molecule has 21 heavy (non-hydrogen) atoms. The molecule has 2 aliphatic heterocycles. The molecule has 0 aromatic heterocycles. The van der Waals surface area contributed by atoms with E-state index in [1.807, 2.05) is 19.9 Å². The molecular formula is C15H17ClN2O2S. The molecule has 2 saturated heterocycles. The zero-order valence-electron chi connectivity index (χ0n) is 12.0. The van der Waals surface area contributed by atoms with Crippen LogP contribution in [0.1, 0.15) is 25.3 Å². The van der Waals surface area contributed by atoms with Gasteiger partial charge in [-0.15, -0.1) is 11.8 Å². The zero-order valence-corrected chi connectivity index (χ0v) is 13.6. The average Bonchev–Trinajstić information content (AvgIpc) is 2.92. The molecule has 3 rings (SSSR count). The lowest BCUT2D eigenvalue weighted by atomic mass is 10.1. The number of fused-ring (bicyclic) bond motifs is 1. The molecule has 0 bridgehead atoms. The van der Waals surface area contributed by atoms with Crippen molar-refractivity contribution in [2.75, 3.05) is 11.1 Å². The fraction of sp³-hybridized carbons (Fsp3) is 0.467. The summed E-state index contributed by atoms with van der Waals surface area (Å²) in [7, 11) is 0. The Morgan fingerprint density at radius 3 is 3.05 bits per heavy atom. The molecule has 0 saturated carbocycles. The minimum absolute atomic E-state index is 0.0745. The van der Waals surface area contributed by atoms with Crippen molar-refractivity contribution in [2.24, 2.45) is 0 Å². The molecule has 2 atom stereocenters. The van der Waals surface area contributed by atoms with Gasteiger partial charge >= 0.3 is 0 Å². The molecular weight excluding hydrogens is 308 g/mol. The standard InChI is InChI=1S/C15H17ClN2O2S/c1-9-10(16)4-3-5-11(9)17-14(20)12-8-21-15(2)7-6-13(19)18(12)15/h3-5,12H,6-8H2,1-2H3,(H,17,20)/t12-,15-/m0/s1. The number of amides is 2. The van der Waals surface area contributed by atoms with E-state index < -0.39 is 6.04 Å². The van der Waals surface area contributed by atoms with Gasteiger partial charge < -0.3 is 10.2 Å². The van der Waals surface area contributed by atoms with Crippen molar-refractivity contribution in [2.45, 2.75) is 37.6 Å². The second-order valence-corrected chi connectivity index (χ2v) is 7.58. The first-order valence-corrected chi connectivity index (χ1v) is 8.31. The summed E-state index contributed by atoms with van der Waals surface area (Å²) in [5, 5.41) is 3.53. The van der Waals surface area contributed by atoms with Crippen LogP contribution >= 0.6 is 23.4 Å². The number of benzene rings is 1. The molecule has 0 unspecified atom stereocenters. The fourth-order valence-corrected chi connectivity index (χ4v) is 4.58. The maximum atomic E-state index is 12.5. The summed E-state index contributed by atoms with van der Waals surface area (Å²) in [4.78, 5) is 26.1. The van der Waals surface area contributed by atoms with E-state index in [2.05, 4.69) is 5.32 Å². The van der Waals surface area contributed by atoms with E-state index in [1.54, 1.807) is 28.8 Å². The number of nitrogens with one attached hydrogen (secondary N) is 1. The van der Waals surface area contributed by atoms with E-state index in [9.17, 15) is 9.59 Å². The van der Waals surface area contributed by atoms with Gasteiger partial charge in [0, 0.05) is 22.9 Å². The number of hydrogen-bond acceptors (Lipinski definition) is 3. The number of carbonyl (C=O) groups excluding carboxylic acids is 2. The van der Waals surface area contributed by atoms with Crippen LogP contribution < -0.4 is 5.32 Å². The third-order valence-corrected chi connectivity index (χ3v) is 6.19. The summed E-state index contributed by atoms with van der Waals surface area (Å²) in [6.45, 7) is 3.91. The van der Waals surface area contributed by atoms with Crippen molar-refractivity contribution in [3.05, 3.63) is 28.8 Å². The summed E-state index contributed by atoms with van der Waals surface area (Å²) in [5.41, 5.74) is 1.55. The molecule has 2 fully saturated rings. The van der Waals surface area contributed by atoms with Gasteiger partial charge in [0.1, 0.15) is 6.04 Å². The van der Waals surface area contributed by atoms with E-state index in [0.717, 1.165) is 12.0 Å². The second-order valence-electron chi connectivity index (χ2n) is 5.67. The van der Waals surface area contributed by atoms with Gasteiger partial charge in [0.05, 0.1) is 4.87 Å². The smallest absolute Gasteiger partial charge is 0.248 e. The van der Waals surface area contributed by atoms with E-state index in [0.29, 0.717) is 22.9 Å². The first-order valence-electron chi connectivity index (χ1n) is 6.94. The van der Waals surface area contributed by atoms with E-state index >= 15 is 0 Å². The van der Waals surface area contributed by atoms with Crippen LogP contribution in [0.3, 0.4) is 0 Å². The normalized spacial score (nSPS) is 27.9. The summed E-state index contributed by atoms with van der Waals surface area (Å²) < 4.78 is 0. The number of hydrogen-bond donors (Lipinski definition) is 1. The first kappa shape index (κ1) is 14.7. The Hall–Kier alpha value is -1.20. The van der Waals surface area contributed by atoms with E-state index in [-0.39, 0.29) is 16.7 Å². The van der Waals surface area contributed by atoms with Crippen molar-refractivity contribution in [3.8, 4) is 0 Å². The molecule has 1 aromatic rings. The summed E-state index contributed by atoms with van der Waals surface area (Å²) >= 11 is 7.76. The van der Waals surface area contributed by atoms with Crippen LogP contribution in [0.25, 0.3) is 0 Å². The Balaban J connectivity index is 1.80. The van der Waals surface area contributed by atoms with Crippen LogP contribution in [-0.4, -0.2) is 33.4 Å². The van der Waals surface area contributed by atoms with Crippen molar-refractivity contribution in [3.63, 3.8) is 0 Å². The van der Waals surface area contributed by atoms with Gasteiger partial charge in [-0.3, -0.25) is 9.59 Å². The maximum Gasteiger partial charge on any atom is 0.248 e. The zero-order chi connectivity index (χ0) is 15.2. The van der Waals surface area contributed by atoms with Crippen LogP contribution in [0, 0.1) is 6.92 Å². The van der Waals surface area contributed by atoms with Crippen LogP contribution in [0.4, 0.5) is 5.69 Å². The Labute approximate surface area is 133 Å². The van der Waals surface area contributed by atoms with Crippen LogP contribution in [-0.2, 0) is 9.59 Å². The lowest BCUT2D eigenvalue weighted by molar-refractivity contribution is -0.135. The number of halogens is 1.